The number of sulfonamides is 1. The summed E-state index contributed by atoms with van der Waals surface area (Å²) < 4.78 is 27.7. The summed E-state index contributed by atoms with van der Waals surface area (Å²) in [6, 6.07) is 12.9. The van der Waals surface area contributed by atoms with Crippen molar-refractivity contribution >= 4 is 33.4 Å². The SMILES string of the molecule is O=c1[nH]nnn1-c1ccc(NS(=O)(=O)C=Cc2ccc(Cl)cc2)cc1. The number of tetrazole rings is 1. The molecule has 0 saturated heterocycles. The lowest BCUT2D eigenvalue weighted by Gasteiger charge is -2.05. The largest absolute Gasteiger partial charge is 0.365 e. The van der Waals surface area contributed by atoms with E-state index in [1.165, 1.54) is 18.2 Å². The maximum absolute atomic E-state index is 12.1. The van der Waals surface area contributed by atoms with Crippen molar-refractivity contribution in [1.82, 2.24) is 20.2 Å². The Balaban J connectivity index is 1.73. The number of H-pyrrole nitrogens is 1. The van der Waals surface area contributed by atoms with Crippen LogP contribution in [0.15, 0.2) is 58.7 Å². The number of aromatic amines is 1. The monoisotopic (exact) mass is 377 g/mol. The van der Waals surface area contributed by atoms with E-state index in [0.717, 1.165) is 10.1 Å². The molecule has 10 heteroatoms. The third-order valence-electron chi connectivity index (χ3n) is 3.15. The number of hydrogen-bond acceptors (Lipinski definition) is 5. The molecule has 0 radical (unpaired) electrons. The van der Waals surface area contributed by atoms with Gasteiger partial charge in [-0.3, -0.25) is 4.72 Å². The maximum atomic E-state index is 12.1. The zero-order valence-corrected chi connectivity index (χ0v) is 14.2. The van der Waals surface area contributed by atoms with Crippen LogP contribution in [-0.4, -0.2) is 28.6 Å². The van der Waals surface area contributed by atoms with Crippen LogP contribution in [0, 0.1) is 0 Å². The molecule has 8 nitrogen and oxygen atoms in total. The smallest absolute Gasteiger partial charge is 0.280 e. The van der Waals surface area contributed by atoms with Crippen LogP contribution in [-0.2, 0) is 10.0 Å². The Bertz CT molecular complexity index is 1050. The second kappa shape index (κ2) is 6.91. The number of benzene rings is 2. The molecule has 3 aromatic rings. The number of nitrogens with one attached hydrogen (secondary N) is 2. The van der Waals surface area contributed by atoms with Crippen LogP contribution in [0.25, 0.3) is 11.8 Å². The highest BCUT2D eigenvalue weighted by Gasteiger charge is 2.07. The summed E-state index contributed by atoms with van der Waals surface area (Å²) in [4.78, 5) is 11.4. The fourth-order valence-electron chi connectivity index (χ4n) is 1.98. The quantitative estimate of drug-likeness (QED) is 0.706. The molecule has 0 spiro atoms. The van der Waals surface area contributed by atoms with Gasteiger partial charge in [0.05, 0.1) is 11.1 Å². The molecule has 0 aliphatic carbocycles. The van der Waals surface area contributed by atoms with Crippen molar-refractivity contribution in [3.8, 4) is 5.69 Å². The van der Waals surface area contributed by atoms with Gasteiger partial charge in [0, 0.05) is 10.7 Å². The Morgan fingerprint density at radius 3 is 2.36 bits per heavy atom. The summed E-state index contributed by atoms with van der Waals surface area (Å²) in [5.41, 5.74) is 1.02. The van der Waals surface area contributed by atoms with Crippen molar-refractivity contribution in [2.75, 3.05) is 4.72 Å². The fraction of sp³-hybridized carbons (Fsp3) is 0. The van der Waals surface area contributed by atoms with E-state index < -0.39 is 15.7 Å². The van der Waals surface area contributed by atoms with Gasteiger partial charge in [0.2, 0.25) is 0 Å². The molecule has 2 aromatic carbocycles. The highest BCUT2D eigenvalue weighted by atomic mass is 35.5. The van der Waals surface area contributed by atoms with Crippen molar-refractivity contribution in [3.05, 3.63) is 75.0 Å². The van der Waals surface area contributed by atoms with Gasteiger partial charge < -0.3 is 0 Å². The number of anilines is 1. The molecule has 0 aliphatic rings. The molecule has 1 aromatic heterocycles. The van der Waals surface area contributed by atoms with Crippen LogP contribution >= 0.6 is 11.6 Å². The molecule has 128 valence electrons. The van der Waals surface area contributed by atoms with Crippen LogP contribution in [0.5, 0.6) is 0 Å². The Kier molecular flexibility index (Phi) is 4.68. The van der Waals surface area contributed by atoms with Crippen molar-refractivity contribution < 1.29 is 8.42 Å². The summed E-state index contributed by atoms with van der Waals surface area (Å²) in [5, 5.41) is 10.8. The number of halogens is 1. The molecule has 0 unspecified atom stereocenters. The van der Waals surface area contributed by atoms with Crippen LogP contribution < -0.4 is 10.4 Å². The molecular weight excluding hydrogens is 366 g/mol. The summed E-state index contributed by atoms with van der Waals surface area (Å²) in [7, 11) is -3.68. The third-order valence-corrected chi connectivity index (χ3v) is 4.42. The van der Waals surface area contributed by atoms with Crippen LogP contribution in [0.1, 0.15) is 5.56 Å². The Hall–Kier alpha value is -2.91. The first-order chi connectivity index (χ1) is 11.9. The molecular formula is C15H12ClN5O3S. The first-order valence-electron chi connectivity index (χ1n) is 7.00. The number of nitrogens with zero attached hydrogens (tertiary/aromatic N) is 3. The highest BCUT2D eigenvalue weighted by Crippen LogP contribution is 2.15. The predicted octanol–water partition coefficient (Wildman–Crippen LogP) is 2.02. The van der Waals surface area contributed by atoms with Gasteiger partial charge >= 0.3 is 5.69 Å². The second-order valence-corrected chi connectivity index (χ2v) is 6.97. The standard InChI is InChI=1S/C15H12ClN5O3S/c16-12-3-1-11(2-4-12)9-10-25(23,24)18-13-5-7-14(8-6-13)21-15(22)17-19-20-21/h1-10,18H,(H,17,20,22). The van der Waals surface area contributed by atoms with Crippen molar-refractivity contribution in [3.63, 3.8) is 0 Å². The van der Waals surface area contributed by atoms with Crippen molar-refractivity contribution in [2.45, 2.75) is 0 Å². The van der Waals surface area contributed by atoms with Gasteiger partial charge in [-0.05, 0) is 58.5 Å². The number of aromatic nitrogens is 4. The topological polar surface area (TPSA) is 110 Å². The van der Waals surface area contributed by atoms with Crippen molar-refractivity contribution in [2.24, 2.45) is 0 Å². The van der Waals surface area contributed by atoms with Gasteiger partial charge in [0.1, 0.15) is 0 Å². The van der Waals surface area contributed by atoms with Crippen LogP contribution in [0.4, 0.5) is 5.69 Å². The lowest BCUT2D eigenvalue weighted by Crippen LogP contribution is -2.16. The molecule has 1 heterocycles. The van der Waals surface area contributed by atoms with E-state index in [0.29, 0.717) is 22.0 Å². The van der Waals surface area contributed by atoms with E-state index in [4.69, 9.17) is 11.6 Å². The molecule has 2 N–H and O–H groups in total. The molecule has 0 fully saturated rings. The van der Waals surface area contributed by atoms with Gasteiger partial charge in [-0.1, -0.05) is 23.7 Å². The number of rotatable bonds is 5. The van der Waals surface area contributed by atoms with E-state index in [2.05, 4.69) is 20.2 Å². The summed E-state index contributed by atoms with van der Waals surface area (Å²) >= 11 is 5.78. The lowest BCUT2D eigenvalue weighted by atomic mass is 10.2. The molecule has 0 atom stereocenters. The van der Waals surface area contributed by atoms with Gasteiger partial charge in [-0.15, -0.1) is 0 Å². The normalized spacial score (nSPS) is 11.7. The van der Waals surface area contributed by atoms with E-state index >= 15 is 0 Å². The number of hydrogen-bond donors (Lipinski definition) is 2. The van der Waals surface area contributed by atoms with Crippen LogP contribution in [0.2, 0.25) is 5.02 Å². The predicted molar refractivity (Wildman–Crippen MR) is 95.0 cm³/mol. The Morgan fingerprint density at radius 1 is 1.08 bits per heavy atom. The van der Waals surface area contributed by atoms with E-state index in [1.807, 2.05) is 0 Å². The average molecular weight is 378 g/mol. The van der Waals surface area contributed by atoms with Gasteiger partial charge in [0.15, 0.2) is 0 Å². The minimum absolute atomic E-state index is 0.348. The minimum atomic E-state index is -3.68. The third kappa shape index (κ3) is 4.34. The van der Waals surface area contributed by atoms with E-state index in [1.54, 1.807) is 36.4 Å². The summed E-state index contributed by atoms with van der Waals surface area (Å²) in [5.74, 6) is 0. The minimum Gasteiger partial charge on any atom is -0.280 e. The Labute approximate surface area is 147 Å². The van der Waals surface area contributed by atoms with Gasteiger partial charge in [0.25, 0.3) is 10.0 Å². The van der Waals surface area contributed by atoms with Gasteiger partial charge in [-0.2, -0.15) is 4.68 Å². The lowest BCUT2D eigenvalue weighted by molar-refractivity contribution is 0.609. The molecule has 0 bridgehead atoms. The zero-order chi connectivity index (χ0) is 17.9. The molecule has 0 aliphatic heterocycles. The van der Waals surface area contributed by atoms with Gasteiger partial charge in [-0.25, -0.2) is 18.3 Å². The van der Waals surface area contributed by atoms with Crippen LogP contribution in [0.3, 0.4) is 0 Å². The maximum Gasteiger partial charge on any atom is 0.365 e. The molecule has 0 saturated carbocycles. The Morgan fingerprint density at radius 2 is 1.76 bits per heavy atom. The van der Waals surface area contributed by atoms with Crippen molar-refractivity contribution in [1.29, 1.82) is 0 Å². The van der Waals surface area contributed by atoms with E-state index in [-0.39, 0.29) is 0 Å². The summed E-state index contributed by atoms with van der Waals surface area (Å²) in [6.07, 6.45) is 1.46. The average Bonchev–Trinajstić information content (AvgIpc) is 3.01. The fourth-order valence-corrected chi connectivity index (χ4v) is 2.97. The highest BCUT2D eigenvalue weighted by molar-refractivity contribution is 7.95. The molecule has 25 heavy (non-hydrogen) atoms. The second-order valence-electron chi connectivity index (χ2n) is 4.97. The summed E-state index contributed by atoms with van der Waals surface area (Å²) in [6.45, 7) is 0. The zero-order valence-electron chi connectivity index (χ0n) is 12.6. The van der Waals surface area contributed by atoms with E-state index in [9.17, 15) is 13.2 Å². The first-order valence-corrected chi connectivity index (χ1v) is 8.93. The first kappa shape index (κ1) is 16.9. The molecule has 0 amide bonds. The molecule has 3 rings (SSSR count).